The van der Waals surface area contributed by atoms with E-state index < -0.39 is 0 Å². The van der Waals surface area contributed by atoms with Gasteiger partial charge in [0.1, 0.15) is 0 Å². The zero-order valence-corrected chi connectivity index (χ0v) is 21.6. The van der Waals surface area contributed by atoms with Gasteiger partial charge < -0.3 is 15.3 Å². The van der Waals surface area contributed by atoms with Gasteiger partial charge in [-0.05, 0) is 86.7 Å². The van der Waals surface area contributed by atoms with Crippen LogP contribution in [-0.4, -0.2) is 60.2 Å². The molecule has 1 aromatic rings. The lowest BCUT2D eigenvalue weighted by Crippen LogP contribution is -2.49. The van der Waals surface area contributed by atoms with Crippen LogP contribution < -0.4 is 5.32 Å². The Morgan fingerprint density at radius 1 is 1.18 bits per heavy atom. The number of allylic oxidation sites excluding steroid dienone is 2. The Kier molecular flexibility index (Phi) is 6.01. The molecule has 0 radical (unpaired) electrons. The summed E-state index contributed by atoms with van der Waals surface area (Å²) in [4.78, 5) is 9.00. The molecule has 5 atom stereocenters. The van der Waals surface area contributed by atoms with E-state index in [1.165, 1.54) is 42.7 Å². The summed E-state index contributed by atoms with van der Waals surface area (Å²) in [6, 6.07) is 0. The molecule has 0 spiro atoms. The summed E-state index contributed by atoms with van der Waals surface area (Å²) >= 11 is 1.89. The maximum absolute atomic E-state index is 9.62. The molecule has 2 saturated carbocycles. The van der Waals surface area contributed by atoms with Crippen molar-refractivity contribution in [2.24, 2.45) is 33.7 Å². The fourth-order valence-electron chi connectivity index (χ4n) is 8.23. The van der Waals surface area contributed by atoms with Crippen molar-refractivity contribution in [3.8, 4) is 0 Å². The molecule has 34 heavy (non-hydrogen) atoms. The van der Waals surface area contributed by atoms with Gasteiger partial charge in [0.15, 0.2) is 5.13 Å². The first-order valence-electron chi connectivity index (χ1n) is 13.5. The van der Waals surface area contributed by atoms with Crippen molar-refractivity contribution in [1.82, 2.24) is 9.88 Å². The Hall–Kier alpha value is -1.44. The van der Waals surface area contributed by atoms with Crippen LogP contribution in [0.3, 0.4) is 0 Å². The summed E-state index contributed by atoms with van der Waals surface area (Å²) in [6.45, 7) is 10.9. The van der Waals surface area contributed by atoms with Crippen molar-refractivity contribution >= 4 is 27.8 Å². The molecular formula is C27H40N4O2S. The van der Waals surface area contributed by atoms with Gasteiger partial charge in [-0.2, -0.15) is 0 Å². The minimum Gasteiger partial charge on any atom is -0.411 e. The van der Waals surface area contributed by atoms with Crippen molar-refractivity contribution in [3.63, 3.8) is 0 Å². The van der Waals surface area contributed by atoms with Crippen LogP contribution in [0.15, 0.2) is 11.2 Å². The molecule has 5 aliphatic rings. The minimum absolute atomic E-state index is 0.111. The number of aryl methyl sites for hydroxylation is 1. The summed E-state index contributed by atoms with van der Waals surface area (Å²) in [5.74, 6) is 2.13. The van der Waals surface area contributed by atoms with Crippen molar-refractivity contribution in [2.45, 2.75) is 65.2 Å². The third kappa shape index (κ3) is 3.65. The van der Waals surface area contributed by atoms with Gasteiger partial charge in [-0.25, -0.2) is 4.98 Å². The number of morpholine rings is 1. The number of aromatic nitrogens is 1. The summed E-state index contributed by atoms with van der Waals surface area (Å²) in [7, 11) is 0. The fraction of sp³-hybridized carbons (Fsp3) is 0.778. The number of hydrogen-bond acceptors (Lipinski definition) is 7. The lowest BCUT2D eigenvalue weighted by atomic mass is 9.48. The fourth-order valence-corrected chi connectivity index (χ4v) is 9.44. The number of nitrogens with one attached hydrogen (secondary N) is 1. The number of hydrogen-bond donors (Lipinski definition) is 2. The first-order valence-corrected chi connectivity index (χ1v) is 14.3. The number of oxime groups is 1. The SMILES string of the molecule is C[C@]12CCc3nc(NCCCN4CCOCC4)sc3C1=CC[C@@H]1[C@@H]2CC[C@]2(C)/C(=N/O)CC[C@@H]12. The quantitative estimate of drug-likeness (QED) is 0.338. The van der Waals surface area contributed by atoms with Gasteiger partial charge in [0.05, 0.1) is 29.5 Å². The van der Waals surface area contributed by atoms with Crippen molar-refractivity contribution in [3.05, 3.63) is 16.6 Å². The van der Waals surface area contributed by atoms with Gasteiger partial charge in [-0.1, -0.05) is 36.4 Å². The number of ether oxygens (including phenoxy) is 1. The number of fused-ring (bicyclic) bond motifs is 7. The van der Waals surface area contributed by atoms with Gasteiger partial charge in [0.2, 0.25) is 0 Å². The molecule has 3 fully saturated rings. The molecule has 0 aromatic carbocycles. The van der Waals surface area contributed by atoms with Gasteiger partial charge >= 0.3 is 0 Å². The van der Waals surface area contributed by atoms with E-state index in [9.17, 15) is 5.21 Å². The van der Waals surface area contributed by atoms with E-state index in [-0.39, 0.29) is 10.8 Å². The normalized spacial score (nSPS) is 38.6. The molecule has 4 aliphatic carbocycles. The van der Waals surface area contributed by atoms with E-state index in [1.54, 1.807) is 5.57 Å². The average Bonchev–Trinajstić information content (AvgIpc) is 3.42. The molecule has 0 unspecified atom stereocenters. The lowest BCUT2D eigenvalue weighted by molar-refractivity contribution is 0.0110. The van der Waals surface area contributed by atoms with E-state index in [0.29, 0.717) is 5.92 Å². The lowest BCUT2D eigenvalue weighted by Gasteiger charge is -2.56. The van der Waals surface area contributed by atoms with Gasteiger partial charge in [-0.15, -0.1) is 0 Å². The van der Waals surface area contributed by atoms with Crippen LogP contribution in [0.25, 0.3) is 5.57 Å². The second-order valence-corrected chi connectivity index (χ2v) is 12.7. The summed E-state index contributed by atoms with van der Waals surface area (Å²) < 4.78 is 5.46. The van der Waals surface area contributed by atoms with E-state index in [0.717, 1.165) is 81.3 Å². The van der Waals surface area contributed by atoms with E-state index in [4.69, 9.17) is 9.72 Å². The maximum atomic E-state index is 9.62. The predicted octanol–water partition coefficient (Wildman–Crippen LogP) is 5.29. The number of nitrogens with zero attached hydrogens (tertiary/aromatic N) is 3. The highest BCUT2D eigenvalue weighted by Crippen LogP contribution is 2.65. The number of rotatable bonds is 5. The molecule has 186 valence electrons. The number of anilines is 1. The second kappa shape index (κ2) is 8.90. The third-order valence-corrected chi connectivity index (χ3v) is 11.3. The Labute approximate surface area is 207 Å². The van der Waals surface area contributed by atoms with Gasteiger partial charge in [0.25, 0.3) is 0 Å². The highest BCUT2D eigenvalue weighted by Gasteiger charge is 2.58. The molecule has 6 nitrogen and oxygen atoms in total. The zero-order valence-electron chi connectivity index (χ0n) is 20.8. The molecule has 1 aromatic heterocycles. The van der Waals surface area contributed by atoms with Crippen LogP contribution in [0.4, 0.5) is 5.13 Å². The molecule has 2 N–H and O–H groups in total. The maximum Gasteiger partial charge on any atom is 0.183 e. The first-order chi connectivity index (χ1) is 16.5. The van der Waals surface area contributed by atoms with Gasteiger partial charge in [-0.3, -0.25) is 4.90 Å². The zero-order chi connectivity index (χ0) is 23.3. The van der Waals surface area contributed by atoms with Crippen molar-refractivity contribution < 1.29 is 9.94 Å². The second-order valence-electron chi connectivity index (χ2n) is 11.7. The Morgan fingerprint density at radius 2 is 2.00 bits per heavy atom. The molecule has 0 amide bonds. The standard InChI is InChI=1S/C27H40N4O2S/c1-26-11-9-22-24(34-25(29-22)28-12-3-13-31-14-16-33-17-15-31)21(26)5-4-18-19-6-7-23(30-32)27(19,2)10-8-20(18)26/h5,18-20,32H,3-4,6-17H2,1-2H3,(H,28,29)/b30-23+/t18-,19-,20-,26+,27-/m0/s1. The Bertz CT molecular complexity index is 983. The Balaban J connectivity index is 1.16. The van der Waals surface area contributed by atoms with Crippen LogP contribution in [0.5, 0.6) is 0 Å². The molecule has 6 rings (SSSR count). The van der Waals surface area contributed by atoms with Crippen LogP contribution in [-0.2, 0) is 11.2 Å². The van der Waals surface area contributed by atoms with Crippen LogP contribution in [0.2, 0.25) is 0 Å². The highest BCUT2D eigenvalue weighted by atomic mass is 32.1. The van der Waals surface area contributed by atoms with Crippen molar-refractivity contribution in [2.75, 3.05) is 44.7 Å². The first kappa shape index (κ1) is 23.0. The summed E-state index contributed by atoms with van der Waals surface area (Å²) in [6.07, 6.45) is 11.8. The molecule has 7 heteroatoms. The van der Waals surface area contributed by atoms with Gasteiger partial charge in [0, 0.05) is 25.0 Å². The van der Waals surface area contributed by atoms with Crippen LogP contribution >= 0.6 is 11.3 Å². The van der Waals surface area contributed by atoms with Crippen LogP contribution in [0.1, 0.15) is 69.4 Å². The van der Waals surface area contributed by atoms with E-state index in [1.807, 2.05) is 11.3 Å². The molecule has 2 heterocycles. The number of thiazole rings is 1. The Morgan fingerprint density at radius 3 is 2.82 bits per heavy atom. The summed E-state index contributed by atoms with van der Waals surface area (Å²) in [5, 5.41) is 18.1. The van der Waals surface area contributed by atoms with E-state index in [2.05, 4.69) is 35.3 Å². The highest BCUT2D eigenvalue weighted by molar-refractivity contribution is 7.16. The van der Waals surface area contributed by atoms with Crippen LogP contribution in [0, 0.1) is 28.6 Å². The molecule has 1 aliphatic heterocycles. The monoisotopic (exact) mass is 484 g/mol. The van der Waals surface area contributed by atoms with E-state index >= 15 is 0 Å². The largest absolute Gasteiger partial charge is 0.411 e. The topological polar surface area (TPSA) is 70.0 Å². The molecule has 0 bridgehead atoms. The smallest absolute Gasteiger partial charge is 0.183 e. The molecular weight excluding hydrogens is 444 g/mol. The summed E-state index contributed by atoms with van der Waals surface area (Å²) in [5.41, 5.74) is 4.34. The predicted molar refractivity (Wildman–Crippen MR) is 138 cm³/mol. The minimum atomic E-state index is 0.111. The third-order valence-electron chi connectivity index (χ3n) is 10.2. The average molecular weight is 485 g/mol. The molecule has 1 saturated heterocycles. The van der Waals surface area contributed by atoms with Crippen molar-refractivity contribution in [1.29, 1.82) is 0 Å².